The molecule has 4 aliphatic rings. The summed E-state index contributed by atoms with van der Waals surface area (Å²) in [5, 5.41) is 24.2. The van der Waals surface area contributed by atoms with Crippen molar-refractivity contribution in [3.8, 4) is 6.07 Å². The molecule has 1 N–H and O–H groups in total. The van der Waals surface area contributed by atoms with Gasteiger partial charge in [0.15, 0.2) is 5.78 Å². The Morgan fingerprint density at radius 3 is 2.73 bits per heavy atom. The Morgan fingerprint density at radius 2 is 2.00 bits per heavy atom. The van der Waals surface area contributed by atoms with Gasteiger partial charge in [-0.1, -0.05) is 20.3 Å². The quantitative estimate of drug-likeness (QED) is 0.654. The zero-order valence-electron chi connectivity index (χ0n) is 20.7. The third kappa shape index (κ3) is 3.68. The molecule has 4 saturated carbocycles. The average molecular weight is 452 g/mol. The molecular weight excluding hydrogens is 410 g/mol. The fourth-order valence-corrected chi connectivity index (χ4v) is 9.50. The Balaban J connectivity index is 1.37. The Labute approximate surface area is 198 Å². The second kappa shape index (κ2) is 8.22. The Morgan fingerprint density at radius 1 is 1.18 bits per heavy atom. The molecule has 0 unspecified atom stereocenters. The SMILES string of the molecule is CC[C@]12CC[C@H]3[C@@H](CC[C@@H]4C[C@](C)(O)CCC[C@@]43C)[C@@H]1CC[C@@H]2C(=O)Cn1cc(C#N)cn1. The van der Waals surface area contributed by atoms with E-state index in [-0.39, 0.29) is 11.3 Å². The van der Waals surface area contributed by atoms with Gasteiger partial charge < -0.3 is 5.11 Å². The van der Waals surface area contributed by atoms with Gasteiger partial charge in [-0.2, -0.15) is 10.4 Å². The van der Waals surface area contributed by atoms with Crippen molar-refractivity contribution in [2.45, 2.75) is 104 Å². The van der Waals surface area contributed by atoms with Crippen LogP contribution in [-0.2, 0) is 11.3 Å². The number of ketones is 1. The normalized spacial score (nSPS) is 44.8. The second-order valence-electron chi connectivity index (χ2n) is 12.5. The average Bonchev–Trinajstić information content (AvgIpc) is 3.37. The number of aliphatic hydroxyl groups is 1. The van der Waals surface area contributed by atoms with E-state index < -0.39 is 5.60 Å². The lowest BCUT2D eigenvalue weighted by atomic mass is 9.45. The first kappa shape index (κ1) is 23.1. The van der Waals surface area contributed by atoms with Gasteiger partial charge in [-0.05, 0) is 106 Å². The zero-order chi connectivity index (χ0) is 23.4. The van der Waals surface area contributed by atoms with Crippen molar-refractivity contribution < 1.29 is 9.90 Å². The Bertz CT molecular complexity index is 945. The van der Waals surface area contributed by atoms with E-state index in [9.17, 15) is 9.90 Å². The van der Waals surface area contributed by atoms with Crippen LogP contribution in [0.5, 0.6) is 0 Å². The summed E-state index contributed by atoms with van der Waals surface area (Å²) in [7, 11) is 0. The summed E-state index contributed by atoms with van der Waals surface area (Å²) in [5.74, 6) is 3.21. The van der Waals surface area contributed by atoms with Crippen LogP contribution in [0.15, 0.2) is 12.4 Å². The van der Waals surface area contributed by atoms with Gasteiger partial charge in [0.1, 0.15) is 6.07 Å². The topological polar surface area (TPSA) is 78.9 Å². The molecular formula is C28H41N3O2. The van der Waals surface area contributed by atoms with Gasteiger partial charge in [-0.25, -0.2) is 0 Å². The van der Waals surface area contributed by atoms with Crippen molar-refractivity contribution in [2.75, 3.05) is 0 Å². The van der Waals surface area contributed by atoms with Crippen molar-refractivity contribution in [2.24, 2.45) is 40.4 Å². The van der Waals surface area contributed by atoms with E-state index >= 15 is 0 Å². The number of carbonyl (C=O) groups excluding carboxylic acids is 1. The third-order valence-electron chi connectivity index (χ3n) is 11.0. The smallest absolute Gasteiger partial charge is 0.157 e. The molecule has 0 radical (unpaired) electrons. The van der Waals surface area contributed by atoms with Gasteiger partial charge in [-0.15, -0.1) is 0 Å². The molecule has 0 saturated heterocycles. The molecule has 5 rings (SSSR count). The van der Waals surface area contributed by atoms with Gasteiger partial charge in [-0.3, -0.25) is 9.48 Å². The number of carbonyl (C=O) groups is 1. The minimum Gasteiger partial charge on any atom is -0.390 e. The summed E-state index contributed by atoms with van der Waals surface area (Å²) in [4.78, 5) is 13.5. The molecule has 0 aromatic carbocycles. The van der Waals surface area contributed by atoms with Gasteiger partial charge in [0.25, 0.3) is 0 Å². The molecule has 0 aliphatic heterocycles. The first-order valence-corrected chi connectivity index (χ1v) is 13.4. The first-order chi connectivity index (χ1) is 15.7. The molecule has 5 nitrogen and oxygen atoms in total. The standard InChI is InChI=1S/C28H41N3O2/c1-4-28-13-10-22-21(7-6-20-14-26(2,33)11-5-12-27(20,22)3)23(28)8-9-24(28)25(32)18-31-17-19(15-29)16-30-31/h16-17,20-24,33H,4-14,18H2,1-3H3/t20-,21-,22+,23+,24-,26-,27+,28+/m1/s1. The predicted molar refractivity (Wildman–Crippen MR) is 127 cm³/mol. The van der Waals surface area contributed by atoms with Crippen LogP contribution < -0.4 is 0 Å². The minimum atomic E-state index is -0.500. The van der Waals surface area contributed by atoms with E-state index in [0.717, 1.165) is 43.9 Å². The summed E-state index contributed by atoms with van der Waals surface area (Å²) in [5.41, 5.74) is 0.502. The highest BCUT2D eigenvalue weighted by atomic mass is 16.3. The van der Waals surface area contributed by atoms with Crippen LogP contribution in [0.4, 0.5) is 0 Å². The van der Waals surface area contributed by atoms with Gasteiger partial charge in [0.05, 0.1) is 23.9 Å². The highest BCUT2D eigenvalue weighted by molar-refractivity contribution is 5.82. The van der Waals surface area contributed by atoms with E-state index in [1.807, 2.05) is 0 Å². The predicted octanol–water partition coefficient (Wildman–Crippen LogP) is 5.51. The highest BCUT2D eigenvalue weighted by Gasteiger charge is 2.62. The Kier molecular flexibility index (Phi) is 5.75. The van der Waals surface area contributed by atoms with Gasteiger partial charge in [0.2, 0.25) is 0 Å². The van der Waals surface area contributed by atoms with Crippen LogP contribution in [0.1, 0.15) is 97.0 Å². The van der Waals surface area contributed by atoms with Crippen LogP contribution in [0.2, 0.25) is 0 Å². The van der Waals surface area contributed by atoms with Gasteiger partial charge >= 0.3 is 0 Å². The number of nitriles is 1. The van der Waals surface area contributed by atoms with Crippen molar-refractivity contribution in [3.63, 3.8) is 0 Å². The molecule has 4 aliphatic carbocycles. The fraction of sp³-hybridized carbons (Fsp3) is 0.821. The van der Waals surface area contributed by atoms with E-state index in [4.69, 9.17) is 5.26 Å². The summed E-state index contributed by atoms with van der Waals surface area (Å²) < 4.78 is 1.66. The molecule has 5 heteroatoms. The van der Waals surface area contributed by atoms with E-state index in [1.165, 1.54) is 38.5 Å². The Hall–Kier alpha value is -1.67. The molecule has 1 heterocycles. The molecule has 8 atom stereocenters. The van der Waals surface area contributed by atoms with Crippen molar-refractivity contribution in [3.05, 3.63) is 18.0 Å². The summed E-state index contributed by atoms with van der Waals surface area (Å²) in [6.45, 7) is 7.22. The number of Topliss-reactive ketones (excluding diaryl/α,β-unsaturated/α-hetero) is 1. The number of hydrogen-bond donors (Lipinski definition) is 1. The van der Waals surface area contributed by atoms with E-state index in [1.54, 1.807) is 17.1 Å². The third-order valence-corrected chi connectivity index (χ3v) is 11.0. The van der Waals surface area contributed by atoms with E-state index in [2.05, 4.69) is 31.9 Å². The lowest BCUT2D eigenvalue weighted by molar-refractivity contribution is -0.137. The molecule has 1 aromatic heterocycles. The fourth-order valence-electron chi connectivity index (χ4n) is 9.50. The molecule has 0 amide bonds. The summed E-state index contributed by atoms with van der Waals surface area (Å²) in [6.07, 6.45) is 15.8. The maximum atomic E-state index is 13.5. The maximum Gasteiger partial charge on any atom is 0.157 e. The van der Waals surface area contributed by atoms with Gasteiger partial charge in [0, 0.05) is 12.1 Å². The first-order valence-electron chi connectivity index (χ1n) is 13.4. The molecule has 0 spiro atoms. The summed E-state index contributed by atoms with van der Waals surface area (Å²) in [6, 6.07) is 2.11. The number of nitrogens with zero attached hydrogens (tertiary/aromatic N) is 3. The monoisotopic (exact) mass is 451 g/mol. The van der Waals surface area contributed by atoms with Crippen molar-refractivity contribution in [1.82, 2.24) is 9.78 Å². The number of fused-ring (bicyclic) bond motifs is 5. The number of rotatable bonds is 4. The van der Waals surface area contributed by atoms with Crippen LogP contribution >= 0.6 is 0 Å². The van der Waals surface area contributed by atoms with Crippen molar-refractivity contribution in [1.29, 1.82) is 5.26 Å². The second-order valence-corrected chi connectivity index (χ2v) is 12.5. The summed E-state index contributed by atoms with van der Waals surface area (Å²) >= 11 is 0. The minimum absolute atomic E-state index is 0.128. The lowest BCUT2D eigenvalue weighted by Gasteiger charge is -2.60. The van der Waals surface area contributed by atoms with Crippen LogP contribution in [0.25, 0.3) is 0 Å². The molecule has 180 valence electrons. The zero-order valence-corrected chi connectivity index (χ0v) is 20.7. The molecule has 1 aromatic rings. The van der Waals surface area contributed by atoms with E-state index in [0.29, 0.717) is 35.1 Å². The molecule has 33 heavy (non-hydrogen) atoms. The van der Waals surface area contributed by atoms with Crippen LogP contribution in [-0.4, -0.2) is 26.3 Å². The van der Waals surface area contributed by atoms with Crippen molar-refractivity contribution >= 4 is 5.78 Å². The molecule has 4 fully saturated rings. The van der Waals surface area contributed by atoms with Crippen LogP contribution in [0.3, 0.4) is 0 Å². The number of hydrogen-bond acceptors (Lipinski definition) is 4. The number of aromatic nitrogens is 2. The highest BCUT2D eigenvalue weighted by Crippen LogP contribution is 2.68. The lowest BCUT2D eigenvalue weighted by Crippen LogP contribution is -2.53. The largest absolute Gasteiger partial charge is 0.390 e. The molecule has 0 bridgehead atoms. The maximum absolute atomic E-state index is 13.5. The van der Waals surface area contributed by atoms with Crippen LogP contribution in [0, 0.1) is 51.8 Å².